The average Bonchev–Trinajstić information content (AvgIpc) is 3.16. The van der Waals surface area contributed by atoms with Crippen molar-refractivity contribution in [3.8, 4) is 11.5 Å². The summed E-state index contributed by atoms with van der Waals surface area (Å²) in [7, 11) is 2.02. The number of likely N-dealkylation sites (N-methyl/N-ethyl adjacent to an activating group) is 1. The van der Waals surface area contributed by atoms with Crippen LogP contribution < -0.4 is 4.74 Å². The highest BCUT2D eigenvalue weighted by molar-refractivity contribution is 5.77. The molecule has 7 heteroatoms. The summed E-state index contributed by atoms with van der Waals surface area (Å²) < 4.78 is 12.0. The minimum absolute atomic E-state index is 0.0160. The predicted molar refractivity (Wildman–Crippen MR) is 114 cm³/mol. The summed E-state index contributed by atoms with van der Waals surface area (Å²) in [6.07, 6.45) is 1.06. The molecule has 2 aromatic rings. The van der Waals surface area contributed by atoms with Crippen molar-refractivity contribution in [1.29, 1.82) is 0 Å². The summed E-state index contributed by atoms with van der Waals surface area (Å²) >= 11 is 0. The number of ether oxygens (including phenoxy) is 2. The monoisotopic (exact) mass is 435 g/mol. The van der Waals surface area contributed by atoms with Crippen LogP contribution in [0.15, 0.2) is 54.3 Å². The van der Waals surface area contributed by atoms with Gasteiger partial charge in [-0.2, -0.15) is 0 Å². The molecule has 32 heavy (non-hydrogen) atoms. The van der Waals surface area contributed by atoms with E-state index in [0.29, 0.717) is 30.6 Å². The fraction of sp³-hybridized carbons (Fsp3) is 0.400. The topological polar surface area (TPSA) is 99.5 Å². The number of phenols is 1. The van der Waals surface area contributed by atoms with Gasteiger partial charge in [0.2, 0.25) is 0 Å². The van der Waals surface area contributed by atoms with Crippen molar-refractivity contribution >= 4 is 5.97 Å². The molecule has 5 atom stereocenters. The standard InChI is InChI=1S/C25H25NO6/c1-26-12-11-24-19-15-7-8-16(27)21(19)32-22(24)17(9-10-25(24,30)18(26)13-15)31-23(29)20(28)14-5-3-2-4-6-14/h2-9,18,20,22,27-28,30H,10-13H2,1H3/t18-,20-,22-,24-,25+/m0/s1. The molecule has 1 fully saturated rings. The number of aliphatic hydroxyl groups excluding tert-OH is 1. The summed E-state index contributed by atoms with van der Waals surface area (Å²) in [6.45, 7) is 0.745. The fourth-order valence-corrected chi connectivity index (χ4v) is 6.38. The van der Waals surface area contributed by atoms with E-state index in [1.165, 1.54) is 0 Å². The smallest absolute Gasteiger partial charge is 0.344 e. The van der Waals surface area contributed by atoms with Crippen LogP contribution in [0, 0.1) is 0 Å². The lowest BCUT2D eigenvalue weighted by Crippen LogP contribution is -2.74. The van der Waals surface area contributed by atoms with Gasteiger partial charge in [-0.1, -0.05) is 36.4 Å². The molecule has 0 saturated carbocycles. The Morgan fingerprint density at radius 1 is 1.25 bits per heavy atom. The molecule has 1 saturated heterocycles. The van der Waals surface area contributed by atoms with E-state index in [1.807, 2.05) is 13.1 Å². The largest absolute Gasteiger partial charge is 0.504 e. The Balaban J connectivity index is 1.43. The van der Waals surface area contributed by atoms with Gasteiger partial charge in [0, 0.05) is 18.0 Å². The molecule has 3 N–H and O–H groups in total. The molecule has 2 bridgehead atoms. The minimum atomic E-state index is -1.43. The maximum atomic E-state index is 12.8. The molecular weight excluding hydrogens is 410 g/mol. The Bertz CT molecular complexity index is 1150. The first-order valence-electron chi connectivity index (χ1n) is 11.0. The zero-order chi connectivity index (χ0) is 22.3. The lowest BCUT2D eigenvalue weighted by Gasteiger charge is -2.61. The molecule has 7 nitrogen and oxygen atoms in total. The number of rotatable bonds is 3. The highest BCUT2D eigenvalue weighted by Gasteiger charge is 2.72. The molecule has 2 aliphatic heterocycles. The van der Waals surface area contributed by atoms with Gasteiger partial charge in [0.05, 0.1) is 11.0 Å². The number of carbonyl (C=O) groups excluding carboxylic acids is 1. The Kier molecular flexibility index (Phi) is 4.06. The third kappa shape index (κ3) is 2.33. The van der Waals surface area contributed by atoms with Gasteiger partial charge in [-0.15, -0.1) is 0 Å². The van der Waals surface area contributed by atoms with Crippen molar-refractivity contribution in [2.75, 3.05) is 13.6 Å². The van der Waals surface area contributed by atoms with Crippen molar-refractivity contribution in [1.82, 2.24) is 4.90 Å². The van der Waals surface area contributed by atoms with Crippen LogP contribution in [0.1, 0.15) is 35.6 Å². The van der Waals surface area contributed by atoms with E-state index < -0.39 is 29.2 Å². The van der Waals surface area contributed by atoms with Crippen LogP contribution in [0.3, 0.4) is 0 Å². The first-order valence-corrected chi connectivity index (χ1v) is 11.0. The van der Waals surface area contributed by atoms with Crippen LogP contribution in [0.2, 0.25) is 0 Å². The molecule has 0 unspecified atom stereocenters. The number of carbonyl (C=O) groups is 1. The highest BCUT2D eigenvalue weighted by atomic mass is 16.6. The number of benzene rings is 2. The molecule has 0 aromatic heterocycles. The van der Waals surface area contributed by atoms with E-state index in [0.717, 1.165) is 17.7 Å². The second-order valence-electron chi connectivity index (χ2n) is 9.34. The number of piperidine rings is 1. The first kappa shape index (κ1) is 19.8. The van der Waals surface area contributed by atoms with Gasteiger partial charge in [0.15, 0.2) is 23.7 Å². The minimum Gasteiger partial charge on any atom is -0.504 e. The predicted octanol–water partition coefficient (Wildman–Crippen LogP) is 1.95. The summed E-state index contributed by atoms with van der Waals surface area (Å²) in [4.78, 5) is 15.0. The number of esters is 1. The van der Waals surface area contributed by atoms with Crippen LogP contribution >= 0.6 is 0 Å². The number of nitrogens with zero attached hydrogens (tertiary/aromatic N) is 1. The maximum absolute atomic E-state index is 12.8. The molecule has 4 aliphatic rings. The van der Waals surface area contributed by atoms with E-state index >= 15 is 0 Å². The summed E-state index contributed by atoms with van der Waals surface area (Å²) in [5.41, 5.74) is 0.368. The second-order valence-corrected chi connectivity index (χ2v) is 9.34. The van der Waals surface area contributed by atoms with E-state index in [-0.39, 0.29) is 17.6 Å². The van der Waals surface area contributed by atoms with Crippen molar-refractivity contribution in [2.24, 2.45) is 0 Å². The van der Waals surface area contributed by atoms with E-state index in [4.69, 9.17) is 9.47 Å². The third-order valence-electron chi connectivity index (χ3n) is 7.91. The van der Waals surface area contributed by atoms with Crippen LogP contribution in [-0.4, -0.2) is 57.5 Å². The molecule has 1 spiro atoms. The first-order chi connectivity index (χ1) is 15.4. The average molecular weight is 435 g/mol. The van der Waals surface area contributed by atoms with Crippen molar-refractivity contribution in [2.45, 2.75) is 48.5 Å². The van der Waals surface area contributed by atoms with Crippen LogP contribution in [0.5, 0.6) is 11.5 Å². The van der Waals surface area contributed by atoms with Gasteiger partial charge in [0.25, 0.3) is 0 Å². The number of aromatic hydroxyl groups is 1. The Morgan fingerprint density at radius 3 is 2.81 bits per heavy atom. The zero-order valence-electron chi connectivity index (χ0n) is 17.7. The zero-order valence-corrected chi connectivity index (χ0v) is 17.7. The van der Waals surface area contributed by atoms with Gasteiger partial charge in [-0.3, -0.25) is 0 Å². The molecule has 2 heterocycles. The summed E-state index contributed by atoms with van der Waals surface area (Å²) in [5, 5.41) is 33.1. The Morgan fingerprint density at radius 2 is 2.03 bits per heavy atom. The molecule has 6 rings (SSSR count). The Labute approximate surface area is 185 Å². The molecular formula is C25H25NO6. The van der Waals surface area contributed by atoms with E-state index in [1.54, 1.807) is 42.5 Å². The van der Waals surface area contributed by atoms with Gasteiger partial charge >= 0.3 is 5.97 Å². The number of hydrogen-bond donors (Lipinski definition) is 3. The number of hydrogen-bond acceptors (Lipinski definition) is 7. The van der Waals surface area contributed by atoms with Gasteiger partial charge < -0.3 is 29.7 Å². The maximum Gasteiger partial charge on any atom is 0.344 e. The van der Waals surface area contributed by atoms with Gasteiger partial charge in [0.1, 0.15) is 5.76 Å². The lowest BCUT2D eigenvalue weighted by molar-refractivity contribution is -0.172. The molecule has 2 aromatic carbocycles. The number of likely N-dealkylation sites (tertiary alicyclic amines) is 1. The second kappa shape index (κ2) is 6.57. The SMILES string of the molecule is CN1CC[C@]23c4c5ccc(O)c4O[C@H]2C(OC(=O)[C@@H](O)c2ccccc2)=CC[C@@]3(O)[C@@H]1C5. The van der Waals surface area contributed by atoms with Gasteiger partial charge in [-0.05, 0) is 49.7 Å². The molecule has 2 aliphatic carbocycles. The quantitative estimate of drug-likeness (QED) is 0.634. The molecule has 166 valence electrons. The van der Waals surface area contributed by atoms with Crippen molar-refractivity contribution < 1.29 is 29.6 Å². The summed E-state index contributed by atoms with van der Waals surface area (Å²) in [5.74, 6) is -0.140. The van der Waals surface area contributed by atoms with Gasteiger partial charge in [-0.25, -0.2) is 4.79 Å². The molecule has 0 amide bonds. The third-order valence-corrected chi connectivity index (χ3v) is 7.91. The van der Waals surface area contributed by atoms with Crippen LogP contribution in [0.25, 0.3) is 0 Å². The lowest BCUT2D eigenvalue weighted by atomic mass is 9.50. The number of aliphatic hydroxyl groups is 2. The van der Waals surface area contributed by atoms with Crippen molar-refractivity contribution in [3.05, 3.63) is 71.0 Å². The van der Waals surface area contributed by atoms with Crippen LogP contribution in [-0.2, 0) is 21.4 Å². The normalized spacial score (nSPS) is 33.0. The highest BCUT2D eigenvalue weighted by Crippen LogP contribution is 2.65. The summed E-state index contributed by atoms with van der Waals surface area (Å²) in [6, 6.07) is 12.0. The fourth-order valence-electron chi connectivity index (χ4n) is 6.38. The number of phenolic OH excluding ortho intramolecular Hbond substituents is 1. The van der Waals surface area contributed by atoms with E-state index in [9.17, 15) is 20.1 Å². The van der Waals surface area contributed by atoms with Crippen molar-refractivity contribution in [3.63, 3.8) is 0 Å². The molecule has 0 radical (unpaired) electrons. The van der Waals surface area contributed by atoms with Crippen LogP contribution in [0.4, 0.5) is 0 Å². The van der Waals surface area contributed by atoms with E-state index in [2.05, 4.69) is 4.90 Å². The Hall–Kier alpha value is -2.87.